The molecule has 0 saturated carbocycles. The van der Waals surface area contributed by atoms with Crippen LogP contribution in [0.4, 0.5) is 15.8 Å². The molecule has 2 aromatic carbocycles. The minimum absolute atomic E-state index is 0.0147. The molecule has 0 aromatic heterocycles. The SMILES string of the molecule is Cc1ccc(CCC(=O)Nc2ccc(F)c(Cl)c2)cc1N. The van der Waals surface area contributed by atoms with E-state index in [2.05, 4.69) is 5.32 Å². The first-order chi connectivity index (χ1) is 9.95. The van der Waals surface area contributed by atoms with Crippen molar-refractivity contribution in [2.75, 3.05) is 11.1 Å². The van der Waals surface area contributed by atoms with Crippen molar-refractivity contribution in [3.05, 3.63) is 58.4 Å². The van der Waals surface area contributed by atoms with E-state index in [1.807, 2.05) is 25.1 Å². The quantitative estimate of drug-likeness (QED) is 0.841. The number of carbonyl (C=O) groups is 1. The lowest BCUT2D eigenvalue weighted by molar-refractivity contribution is -0.116. The van der Waals surface area contributed by atoms with Gasteiger partial charge >= 0.3 is 0 Å². The highest BCUT2D eigenvalue weighted by Crippen LogP contribution is 2.20. The van der Waals surface area contributed by atoms with Gasteiger partial charge in [-0.3, -0.25) is 4.79 Å². The van der Waals surface area contributed by atoms with E-state index in [-0.39, 0.29) is 10.9 Å². The van der Waals surface area contributed by atoms with Gasteiger partial charge in [0, 0.05) is 17.8 Å². The summed E-state index contributed by atoms with van der Waals surface area (Å²) in [5, 5.41) is 2.67. The summed E-state index contributed by atoms with van der Waals surface area (Å²) in [6, 6.07) is 9.84. The smallest absolute Gasteiger partial charge is 0.224 e. The number of carbonyl (C=O) groups excluding carboxylic acids is 1. The third-order valence-corrected chi connectivity index (χ3v) is 3.48. The molecule has 3 nitrogen and oxygen atoms in total. The number of amides is 1. The number of benzene rings is 2. The maximum absolute atomic E-state index is 13.0. The van der Waals surface area contributed by atoms with Crippen molar-refractivity contribution in [3.63, 3.8) is 0 Å². The topological polar surface area (TPSA) is 55.1 Å². The predicted molar refractivity (Wildman–Crippen MR) is 84.0 cm³/mol. The molecule has 0 radical (unpaired) electrons. The maximum atomic E-state index is 13.0. The van der Waals surface area contributed by atoms with Crippen molar-refractivity contribution in [2.24, 2.45) is 0 Å². The molecule has 21 heavy (non-hydrogen) atoms. The van der Waals surface area contributed by atoms with Crippen LogP contribution in [0.2, 0.25) is 5.02 Å². The van der Waals surface area contributed by atoms with Crippen molar-refractivity contribution in [1.29, 1.82) is 0 Å². The Labute approximate surface area is 127 Å². The van der Waals surface area contributed by atoms with Crippen LogP contribution in [0.3, 0.4) is 0 Å². The third-order valence-electron chi connectivity index (χ3n) is 3.19. The fourth-order valence-corrected chi connectivity index (χ4v) is 2.08. The molecule has 0 fully saturated rings. The molecule has 0 saturated heterocycles. The van der Waals surface area contributed by atoms with Crippen LogP contribution >= 0.6 is 11.6 Å². The van der Waals surface area contributed by atoms with Crippen molar-refractivity contribution in [2.45, 2.75) is 19.8 Å². The Morgan fingerprint density at radius 2 is 2.05 bits per heavy atom. The summed E-state index contributed by atoms with van der Waals surface area (Å²) in [7, 11) is 0. The first-order valence-electron chi connectivity index (χ1n) is 6.55. The van der Waals surface area contributed by atoms with Gasteiger partial charge in [0.25, 0.3) is 0 Å². The molecule has 0 atom stereocenters. The first-order valence-corrected chi connectivity index (χ1v) is 6.93. The van der Waals surface area contributed by atoms with Crippen LogP contribution in [-0.4, -0.2) is 5.91 Å². The van der Waals surface area contributed by atoms with Crippen LogP contribution in [0, 0.1) is 12.7 Å². The Morgan fingerprint density at radius 1 is 1.29 bits per heavy atom. The van der Waals surface area contributed by atoms with Gasteiger partial charge in [-0.25, -0.2) is 4.39 Å². The molecule has 0 bridgehead atoms. The highest BCUT2D eigenvalue weighted by molar-refractivity contribution is 6.31. The van der Waals surface area contributed by atoms with Gasteiger partial charge in [0.2, 0.25) is 5.91 Å². The fourth-order valence-electron chi connectivity index (χ4n) is 1.90. The highest BCUT2D eigenvalue weighted by atomic mass is 35.5. The molecule has 0 aliphatic carbocycles. The molecule has 0 heterocycles. The zero-order valence-corrected chi connectivity index (χ0v) is 12.4. The van der Waals surface area contributed by atoms with Gasteiger partial charge in [-0.05, 0) is 48.7 Å². The lowest BCUT2D eigenvalue weighted by Gasteiger charge is -2.07. The molecule has 2 rings (SSSR count). The standard InChI is InChI=1S/C16H16ClFN2O/c1-10-2-3-11(8-15(10)19)4-7-16(21)20-12-5-6-14(18)13(17)9-12/h2-3,5-6,8-9H,4,7,19H2,1H3,(H,20,21). The lowest BCUT2D eigenvalue weighted by Crippen LogP contribution is -2.12. The van der Waals surface area contributed by atoms with Crippen molar-refractivity contribution < 1.29 is 9.18 Å². The summed E-state index contributed by atoms with van der Waals surface area (Å²) in [6.45, 7) is 1.93. The first kappa shape index (κ1) is 15.3. The van der Waals surface area contributed by atoms with Crippen LogP contribution in [0.15, 0.2) is 36.4 Å². The van der Waals surface area contributed by atoms with Crippen molar-refractivity contribution in [1.82, 2.24) is 0 Å². The van der Waals surface area contributed by atoms with Gasteiger partial charge < -0.3 is 11.1 Å². The Hall–Kier alpha value is -2.07. The number of anilines is 2. The van der Waals surface area contributed by atoms with Gasteiger partial charge in [0.05, 0.1) is 5.02 Å². The van der Waals surface area contributed by atoms with E-state index in [0.29, 0.717) is 18.5 Å². The van der Waals surface area contributed by atoms with Crippen LogP contribution in [0.1, 0.15) is 17.5 Å². The number of aryl methyl sites for hydroxylation is 2. The number of nitrogen functional groups attached to an aromatic ring is 1. The minimum atomic E-state index is -0.509. The molecular formula is C16H16ClFN2O. The van der Waals surface area contributed by atoms with Gasteiger partial charge in [0.1, 0.15) is 5.82 Å². The van der Waals surface area contributed by atoms with E-state index >= 15 is 0 Å². The number of hydrogen-bond donors (Lipinski definition) is 2. The molecule has 0 aliphatic rings. The zero-order chi connectivity index (χ0) is 15.4. The molecule has 0 unspecified atom stereocenters. The van der Waals surface area contributed by atoms with Crippen LogP contribution < -0.4 is 11.1 Å². The number of hydrogen-bond acceptors (Lipinski definition) is 2. The Morgan fingerprint density at radius 3 is 2.71 bits per heavy atom. The van der Waals surface area contributed by atoms with Gasteiger partial charge in [-0.2, -0.15) is 0 Å². The summed E-state index contributed by atoms with van der Waals surface area (Å²) in [4.78, 5) is 11.9. The van der Waals surface area contributed by atoms with Gasteiger partial charge in [0.15, 0.2) is 0 Å². The molecule has 110 valence electrons. The Bertz CT molecular complexity index is 673. The number of halogens is 2. The molecule has 3 N–H and O–H groups in total. The van der Waals surface area contributed by atoms with Crippen LogP contribution in [0.25, 0.3) is 0 Å². The second-order valence-electron chi connectivity index (χ2n) is 4.87. The summed E-state index contributed by atoms with van der Waals surface area (Å²) in [6.07, 6.45) is 0.905. The lowest BCUT2D eigenvalue weighted by atomic mass is 10.1. The molecule has 0 spiro atoms. The summed E-state index contributed by atoms with van der Waals surface area (Å²) < 4.78 is 13.0. The van der Waals surface area contributed by atoms with E-state index in [0.717, 1.165) is 16.8 Å². The molecular weight excluding hydrogens is 291 g/mol. The number of nitrogens with two attached hydrogens (primary N) is 1. The summed E-state index contributed by atoms with van der Waals surface area (Å²) in [5.41, 5.74) is 9.06. The van der Waals surface area contributed by atoms with Crippen LogP contribution in [-0.2, 0) is 11.2 Å². The molecule has 5 heteroatoms. The third kappa shape index (κ3) is 4.20. The van der Waals surface area contributed by atoms with E-state index in [4.69, 9.17) is 17.3 Å². The number of rotatable bonds is 4. The molecule has 0 aliphatic heterocycles. The van der Waals surface area contributed by atoms with Crippen molar-refractivity contribution in [3.8, 4) is 0 Å². The highest BCUT2D eigenvalue weighted by Gasteiger charge is 2.06. The fraction of sp³-hybridized carbons (Fsp3) is 0.188. The second-order valence-corrected chi connectivity index (χ2v) is 5.28. The van der Waals surface area contributed by atoms with E-state index < -0.39 is 5.82 Å². The predicted octanol–water partition coefficient (Wildman–Crippen LogP) is 3.94. The second kappa shape index (κ2) is 6.59. The van der Waals surface area contributed by atoms with Gasteiger partial charge in [-0.1, -0.05) is 23.7 Å². The normalized spacial score (nSPS) is 10.4. The Balaban J connectivity index is 1.92. The largest absolute Gasteiger partial charge is 0.399 e. The molecule has 1 amide bonds. The number of nitrogens with one attached hydrogen (secondary N) is 1. The summed E-state index contributed by atoms with van der Waals surface area (Å²) in [5.74, 6) is -0.665. The maximum Gasteiger partial charge on any atom is 0.224 e. The van der Waals surface area contributed by atoms with Crippen LogP contribution in [0.5, 0.6) is 0 Å². The van der Waals surface area contributed by atoms with E-state index in [9.17, 15) is 9.18 Å². The van der Waals surface area contributed by atoms with E-state index in [1.54, 1.807) is 0 Å². The average molecular weight is 307 g/mol. The van der Waals surface area contributed by atoms with E-state index in [1.165, 1.54) is 18.2 Å². The zero-order valence-electron chi connectivity index (χ0n) is 11.6. The Kier molecular flexibility index (Phi) is 4.81. The average Bonchev–Trinajstić information content (AvgIpc) is 2.44. The van der Waals surface area contributed by atoms with Crippen molar-refractivity contribution >= 4 is 28.9 Å². The monoisotopic (exact) mass is 306 g/mol. The molecule has 2 aromatic rings. The minimum Gasteiger partial charge on any atom is -0.399 e. The van der Waals surface area contributed by atoms with Gasteiger partial charge in [-0.15, -0.1) is 0 Å². The summed E-state index contributed by atoms with van der Waals surface area (Å²) >= 11 is 5.66.